The van der Waals surface area contributed by atoms with Gasteiger partial charge in [-0.2, -0.15) is 0 Å². The molecule has 0 saturated carbocycles. The van der Waals surface area contributed by atoms with E-state index in [-0.39, 0.29) is 12.1 Å². The highest BCUT2D eigenvalue weighted by molar-refractivity contribution is 5.66. The predicted octanol–water partition coefficient (Wildman–Crippen LogP) is 0.157. The Balaban J connectivity index is 3.26. The molecule has 3 heteroatoms. The Morgan fingerprint density at radius 1 is 1.78 bits per heavy atom. The van der Waals surface area contributed by atoms with Crippen LogP contribution >= 0.6 is 0 Å². The molecule has 1 atom stereocenters. The summed E-state index contributed by atoms with van der Waals surface area (Å²) in [6.45, 7) is 3.96. The molecule has 54 valence electrons. The molecule has 0 heterocycles. The lowest BCUT2D eigenvalue weighted by Gasteiger charge is -2.09. The first-order valence-corrected chi connectivity index (χ1v) is 2.98. The van der Waals surface area contributed by atoms with Crippen LogP contribution in [0.5, 0.6) is 0 Å². The topological polar surface area (TPSA) is 38.3 Å². The van der Waals surface area contributed by atoms with E-state index >= 15 is 0 Å². The third kappa shape index (κ3) is 5.30. The molecule has 0 aliphatic rings. The van der Waals surface area contributed by atoms with Gasteiger partial charge in [-0.1, -0.05) is 0 Å². The maximum Gasteiger partial charge on any atom is 0.302 e. The van der Waals surface area contributed by atoms with E-state index in [0.29, 0.717) is 6.54 Å². The highest BCUT2D eigenvalue weighted by Crippen LogP contribution is 1.87. The van der Waals surface area contributed by atoms with Gasteiger partial charge in [-0.15, -0.1) is 0 Å². The van der Waals surface area contributed by atoms with Crippen molar-refractivity contribution in [3.8, 4) is 0 Å². The predicted molar refractivity (Wildman–Crippen MR) is 35.2 cm³/mol. The van der Waals surface area contributed by atoms with E-state index in [9.17, 15) is 4.79 Å². The lowest BCUT2D eigenvalue weighted by Crippen LogP contribution is -2.25. The van der Waals surface area contributed by atoms with Gasteiger partial charge in [-0.05, 0) is 14.0 Å². The Bertz CT molecular complexity index is 93.1. The van der Waals surface area contributed by atoms with Crippen LogP contribution in [0.25, 0.3) is 0 Å². The molecular formula is C6H13NO2. The smallest absolute Gasteiger partial charge is 0.302 e. The Morgan fingerprint density at radius 2 is 2.33 bits per heavy atom. The first-order valence-electron chi connectivity index (χ1n) is 2.98. The van der Waals surface area contributed by atoms with E-state index in [1.807, 2.05) is 14.0 Å². The van der Waals surface area contributed by atoms with Gasteiger partial charge in [0.25, 0.3) is 0 Å². The third-order valence-corrected chi connectivity index (χ3v) is 0.859. The van der Waals surface area contributed by atoms with Gasteiger partial charge in [0.15, 0.2) is 0 Å². The van der Waals surface area contributed by atoms with Crippen molar-refractivity contribution < 1.29 is 9.53 Å². The molecule has 0 aliphatic carbocycles. The molecule has 0 amide bonds. The standard InChI is InChI=1S/C6H13NO2/c1-5(4-7-3)9-6(2)8/h5,7H,4H2,1-3H3/t5-/m1/s1. The zero-order chi connectivity index (χ0) is 7.28. The van der Waals surface area contributed by atoms with Crippen molar-refractivity contribution in [3.63, 3.8) is 0 Å². The minimum atomic E-state index is -0.224. The molecule has 9 heavy (non-hydrogen) atoms. The highest BCUT2D eigenvalue weighted by Gasteiger charge is 2.01. The molecule has 0 aromatic carbocycles. The molecule has 3 nitrogen and oxygen atoms in total. The van der Waals surface area contributed by atoms with Crippen molar-refractivity contribution in [2.75, 3.05) is 13.6 Å². The molecule has 0 saturated heterocycles. The van der Waals surface area contributed by atoms with Gasteiger partial charge in [-0.3, -0.25) is 4.79 Å². The molecule has 0 spiro atoms. The Morgan fingerprint density at radius 3 is 2.67 bits per heavy atom. The molecule has 0 bridgehead atoms. The van der Waals surface area contributed by atoms with Crippen LogP contribution in [0.4, 0.5) is 0 Å². The summed E-state index contributed by atoms with van der Waals surface area (Å²) in [5.41, 5.74) is 0. The average molecular weight is 131 g/mol. The molecule has 0 aliphatic heterocycles. The van der Waals surface area contributed by atoms with Gasteiger partial charge < -0.3 is 10.1 Å². The molecule has 0 aromatic heterocycles. The minimum Gasteiger partial charge on any atom is -0.462 e. The van der Waals surface area contributed by atoms with E-state index in [0.717, 1.165) is 0 Å². The van der Waals surface area contributed by atoms with E-state index in [1.54, 1.807) is 0 Å². The number of esters is 1. The lowest BCUT2D eigenvalue weighted by atomic mass is 10.4. The third-order valence-electron chi connectivity index (χ3n) is 0.859. The van der Waals surface area contributed by atoms with E-state index < -0.39 is 0 Å². The molecule has 0 radical (unpaired) electrons. The second-order valence-corrected chi connectivity index (χ2v) is 1.98. The van der Waals surface area contributed by atoms with Crippen LogP contribution in [0.15, 0.2) is 0 Å². The molecule has 0 aromatic rings. The van der Waals surface area contributed by atoms with Gasteiger partial charge in [0, 0.05) is 13.5 Å². The van der Waals surface area contributed by atoms with Crippen molar-refractivity contribution in [3.05, 3.63) is 0 Å². The second-order valence-electron chi connectivity index (χ2n) is 1.98. The summed E-state index contributed by atoms with van der Waals surface area (Å²) >= 11 is 0. The number of likely N-dealkylation sites (N-methyl/N-ethyl adjacent to an activating group) is 1. The van der Waals surface area contributed by atoms with E-state index in [1.165, 1.54) is 6.92 Å². The average Bonchev–Trinajstić information content (AvgIpc) is 1.63. The number of nitrogens with one attached hydrogen (secondary N) is 1. The fraction of sp³-hybridized carbons (Fsp3) is 0.833. The molecule has 1 N–H and O–H groups in total. The van der Waals surface area contributed by atoms with Crippen LogP contribution in [0.1, 0.15) is 13.8 Å². The highest BCUT2D eigenvalue weighted by atomic mass is 16.5. The van der Waals surface area contributed by atoms with Crippen LogP contribution in [0.2, 0.25) is 0 Å². The summed E-state index contributed by atoms with van der Waals surface area (Å²) in [6, 6.07) is 0. The quantitative estimate of drug-likeness (QED) is 0.554. The zero-order valence-corrected chi connectivity index (χ0v) is 6.10. The van der Waals surface area contributed by atoms with Crippen molar-refractivity contribution in [1.29, 1.82) is 0 Å². The van der Waals surface area contributed by atoms with Gasteiger partial charge in [0.2, 0.25) is 0 Å². The molecule has 0 unspecified atom stereocenters. The van der Waals surface area contributed by atoms with Crippen molar-refractivity contribution in [2.24, 2.45) is 0 Å². The Hall–Kier alpha value is -0.570. The summed E-state index contributed by atoms with van der Waals surface area (Å²) in [5, 5.41) is 2.90. The minimum absolute atomic E-state index is 0.0208. The fourth-order valence-electron chi connectivity index (χ4n) is 0.612. The van der Waals surface area contributed by atoms with Gasteiger partial charge in [0.1, 0.15) is 6.10 Å². The Kier molecular flexibility index (Phi) is 4.05. The SMILES string of the molecule is CNC[C@@H](C)OC(C)=O. The maximum atomic E-state index is 10.3. The number of ether oxygens (including phenoxy) is 1. The number of carbonyl (C=O) groups is 1. The van der Waals surface area contributed by atoms with Gasteiger partial charge in [-0.25, -0.2) is 0 Å². The first-order chi connectivity index (χ1) is 4.16. The summed E-state index contributed by atoms with van der Waals surface area (Å²) < 4.78 is 4.79. The van der Waals surface area contributed by atoms with Crippen LogP contribution in [0.3, 0.4) is 0 Å². The summed E-state index contributed by atoms with van der Waals surface area (Å²) in [5.74, 6) is -0.224. The fourth-order valence-corrected chi connectivity index (χ4v) is 0.612. The molecular weight excluding hydrogens is 118 g/mol. The normalized spacial score (nSPS) is 12.8. The number of carbonyl (C=O) groups excluding carboxylic acids is 1. The van der Waals surface area contributed by atoms with Crippen LogP contribution in [-0.4, -0.2) is 25.7 Å². The van der Waals surface area contributed by atoms with Crippen LogP contribution in [0, 0.1) is 0 Å². The van der Waals surface area contributed by atoms with Crippen LogP contribution in [-0.2, 0) is 9.53 Å². The van der Waals surface area contributed by atoms with Crippen molar-refractivity contribution >= 4 is 5.97 Å². The number of hydrogen-bond acceptors (Lipinski definition) is 3. The Labute approximate surface area is 55.4 Å². The summed E-state index contributed by atoms with van der Waals surface area (Å²) in [6.07, 6.45) is -0.0208. The zero-order valence-electron chi connectivity index (χ0n) is 6.10. The summed E-state index contributed by atoms with van der Waals surface area (Å²) in [7, 11) is 1.82. The largest absolute Gasteiger partial charge is 0.462 e. The van der Waals surface area contributed by atoms with Gasteiger partial charge in [0.05, 0.1) is 0 Å². The van der Waals surface area contributed by atoms with Crippen molar-refractivity contribution in [1.82, 2.24) is 5.32 Å². The number of hydrogen-bond donors (Lipinski definition) is 1. The second kappa shape index (κ2) is 4.32. The lowest BCUT2D eigenvalue weighted by molar-refractivity contribution is -0.145. The van der Waals surface area contributed by atoms with E-state index in [4.69, 9.17) is 4.74 Å². The maximum absolute atomic E-state index is 10.3. The summed E-state index contributed by atoms with van der Waals surface area (Å²) in [4.78, 5) is 10.3. The molecule has 0 fully saturated rings. The molecule has 0 rings (SSSR count). The monoisotopic (exact) mass is 131 g/mol. The van der Waals surface area contributed by atoms with Gasteiger partial charge >= 0.3 is 5.97 Å². The van der Waals surface area contributed by atoms with E-state index in [2.05, 4.69) is 5.32 Å². The number of rotatable bonds is 3. The van der Waals surface area contributed by atoms with Crippen molar-refractivity contribution in [2.45, 2.75) is 20.0 Å². The van der Waals surface area contributed by atoms with Crippen LogP contribution < -0.4 is 5.32 Å². The first kappa shape index (κ1) is 8.43.